The molecule has 0 saturated heterocycles. The van der Waals surface area contributed by atoms with E-state index in [2.05, 4.69) is 15.8 Å². The topological polar surface area (TPSA) is 114 Å². The maximum Gasteiger partial charge on any atom is 0.248 e. The molecule has 0 aliphatic carbocycles. The Morgan fingerprint density at radius 1 is 1.08 bits per heavy atom. The zero-order valence-corrected chi connectivity index (χ0v) is 23.0. The number of para-hydroxylation sites is 2. The molecule has 3 aromatic rings. The first-order chi connectivity index (χ1) is 18.0. The number of carbonyl (C=O) groups excluding carboxylic acids is 3. The van der Waals surface area contributed by atoms with Gasteiger partial charge in [-0.2, -0.15) is 0 Å². The van der Waals surface area contributed by atoms with E-state index >= 15 is 0 Å². The van der Waals surface area contributed by atoms with Gasteiger partial charge in [0.05, 0.1) is 12.3 Å². The van der Waals surface area contributed by atoms with Gasteiger partial charge in [-0.1, -0.05) is 47.1 Å². The van der Waals surface area contributed by atoms with Crippen molar-refractivity contribution in [3.05, 3.63) is 70.9 Å². The van der Waals surface area contributed by atoms with E-state index in [0.717, 1.165) is 0 Å². The average Bonchev–Trinajstić information content (AvgIpc) is 3.25. The molecule has 10 heteroatoms. The lowest BCUT2D eigenvalue weighted by atomic mass is 10.00. The second-order valence-corrected chi connectivity index (χ2v) is 10.1. The molecule has 3 rings (SSSR count). The standard InChI is InChI=1S/C28H33ClN4O5/c1-6-37-22-14-10-9-13-21(22)33(25(35)16-15-24(34)30-23-17-18(2)38-32-23)26(27(36)31-28(3,4)5)19-11-7-8-12-20(19)29/h7-14,17,26H,6,15-16H2,1-5H3,(H,31,36)(H,30,32,34)/t26-/m0/s1. The molecule has 3 amide bonds. The molecule has 0 spiro atoms. The quantitative estimate of drug-likeness (QED) is 0.354. The monoisotopic (exact) mass is 540 g/mol. The van der Waals surface area contributed by atoms with Gasteiger partial charge in [-0.3, -0.25) is 19.3 Å². The van der Waals surface area contributed by atoms with Crippen LogP contribution in [0.25, 0.3) is 0 Å². The molecule has 1 atom stereocenters. The van der Waals surface area contributed by atoms with E-state index in [-0.39, 0.29) is 18.7 Å². The fourth-order valence-corrected chi connectivity index (χ4v) is 4.09. The van der Waals surface area contributed by atoms with Crippen molar-refractivity contribution >= 4 is 40.8 Å². The van der Waals surface area contributed by atoms with Crippen molar-refractivity contribution in [2.24, 2.45) is 0 Å². The number of aromatic nitrogens is 1. The van der Waals surface area contributed by atoms with Crippen LogP contribution in [0.4, 0.5) is 11.5 Å². The van der Waals surface area contributed by atoms with Crippen LogP contribution < -0.4 is 20.3 Å². The first-order valence-electron chi connectivity index (χ1n) is 12.3. The van der Waals surface area contributed by atoms with Crippen LogP contribution in [0.5, 0.6) is 5.75 Å². The van der Waals surface area contributed by atoms with Gasteiger partial charge in [0.2, 0.25) is 17.7 Å². The third kappa shape index (κ3) is 7.58. The van der Waals surface area contributed by atoms with Gasteiger partial charge in [0, 0.05) is 35.0 Å². The Balaban J connectivity index is 2.03. The fourth-order valence-electron chi connectivity index (χ4n) is 3.86. The molecule has 0 aliphatic heterocycles. The Hall–Kier alpha value is -3.85. The Kier molecular flexibility index (Phi) is 9.52. The highest BCUT2D eigenvalue weighted by molar-refractivity contribution is 6.31. The summed E-state index contributed by atoms with van der Waals surface area (Å²) in [5.74, 6) is -0.0745. The van der Waals surface area contributed by atoms with Crippen molar-refractivity contribution in [2.75, 3.05) is 16.8 Å². The number of rotatable bonds is 10. The largest absolute Gasteiger partial charge is 0.492 e. The second kappa shape index (κ2) is 12.6. The molecule has 0 saturated carbocycles. The van der Waals surface area contributed by atoms with Crippen molar-refractivity contribution in [3.63, 3.8) is 0 Å². The molecular weight excluding hydrogens is 508 g/mol. The minimum Gasteiger partial charge on any atom is -0.492 e. The number of aryl methyl sites for hydroxylation is 1. The lowest BCUT2D eigenvalue weighted by Crippen LogP contribution is -2.49. The zero-order chi connectivity index (χ0) is 27.9. The highest BCUT2D eigenvalue weighted by atomic mass is 35.5. The highest BCUT2D eigenvalue weighted by Crippen LogP contribution is 2.38. The summed E-state index contributed by atoms with van der Waals surface area (Å²) in [6.45, 7) is 9.44. The SMILES string of the molecule is CCOc1ccccc1N(C(=O)CCC(=O)Nc1cc(C)on1)[C@H](C(=O)NC(C)(C)C)c1ccccc1Cl. The molecule has 0 unspecified atom stereocenters. The first-order valence-corrected chi connectivity index (χ1v) is 12.7. The summed E-state index contributed by atoms with van der Waals surface area (Å²) >= 11 is 6.56. The van der Waals surface area contributed by atoms with Gasteiger partial charge >= 0.3 is 0 Å². The van der Waals surface area contributed by atoms with Gasteiger partial charge in [0.15, 0.2) is 5.82 Å². The van der Waals surface area contributed by atoms with Crippen molar-refractivity contribution in [3.8, 4) is 5.75 Å². The van der Waals surface area contributed by atoms with Crippen LogP contribution in [-0.4, -0.2) is 35.0 Å². The Morgan fingerprint density at radius 3 is 2.39 bits per heavy atom. The number of hydrogen-bond acceptors (Lipinski definition) is 6. The molecule has 0 radical (unpaired) electrons. The number of nitrogens with one attached hydrogen (secondary N) is 2. The Bertz CT molecular complexity index is 1280. The molecule has 2 N–H and O–H groups in total. The minimum atomic E-state index is -1.13. The van der Waals surface area contributed by atoms with E-state index in [4.69, 9.17) is 20.9 Å². The fraction of sp³-hybridized carbons (Fsp3) is 0.357. The summed E-state index contributed by atoms with van der Waals surface area (Å²) < 4.78 is 10.8. The maximum absolute atomic E-state index is 13.9. The lowest BCUT2D eigenvalue weighted by molar-refractivity contribution is -0.128. The Morgan fingerprint density at radius 2 is 1.76 bits per heavy atom. The second-order valence-electron chi connectivity index (χ2n) is 9.70. The number of anilines is 2. The van der Waals surface area contributed by atoms with Gasteiger partial charge in [0.25, 0.3) is 0 Å². The molecule has 1 aromatic heterocycles. The molecular formula is C28H33ClN4O5. The number of ether oxygens (including phenoxy) is 1. The third-order valence-electron chi connectivity index (χ3n) is 5.36. The number of carbonyl (C=O) groups is 3. The molecule has 1 heterocycles. The van der Waals surface area contributed by atoms with E-state index < -0.39 is 29.3 Å². The van der Waals surface area contributed by atoms with Gasteiger partial charge < -0.3 is 19.9 Å². The predicted octanol–water partition coefficient (Wildman–Crippen LogP) is 5.44. The van der Waals surface area contributed by atoms with Crippen molar-refractivity contribution in [1.29, 1.82) is 0 Å². The molecule has 0 fully saturated rings. The number of amides is 3. The van der Waals surface area contributed by atoms with E-state index in [9.17, 15) is 14.4 Å². The zero-order valence-electron chi connectivity index (χ0n) is 22.2. The minimum absolute atomic E-state index is 0.145. The molecule has 38 heavy (non-hydrogen) atoms. The molecule has 2 aromatic carbocycles. The number of halogens is 1. The summed E-state index contributed by atoms with van der Waals surface area (Å²) in [6, 6.07) is 14.3. The number of nitrogens with zero attached hydrogens (tertiary/aromatic N) is 2. The smallest absolute Gasteiger partial charge is 0.248 e. The van der Waals surface area contributed by atoms with Crippen LogP contribution in [0.2, 0.25) is 5.02 Å². The number of benzene rings is 2. The summed E-state index contributed by atoms with van der Waals surface area (Å²) in [6.07, 6.45) is -0.332. The molecule has 0 bridgehead atoms. The van der Waals surface area contributed by atoms with Crippen molar-refractivity contribution in [2.45, 2.75) is 59.0 Å². The molecule has 0 aliphatic rings. The summed E-state index contributed by atoms with van der Waals surface area (Å²) in [5, 5.41) is 9.66. The van der Waals surface area contributed by atoms with Crippen LogP contribution >= 0.6 is 11.6 Å². The lowest BCUT2D eigenvalue weighted by Gasteiger charge is -2.35. The predicted molar refractivity (Wildman–Crippen MR) is 146 cm³/mol. The van der Waals surface area contributed by atoms with Crippen LogP contribution in [0.1, 0.15) is 57.9 Å². The van der Waals surface area contributed by atoms with Gasteiger partial charge in [-0.25, -0.2) is 0 Å². The van der Waals surface area contributed by atoms with E-state index in [1.165, 1.54) is 4.90 Å². The van der Waals surface area contributed by atoms with Crippen molar-refractivity contribution < 1.29 is 23.6 Å². The first kappa shape index (κ1) is 28.7. The van der Waals surface area contributed by atoms with Crippen LogP contribution in [0.15, 0.2) is 59.1 Å². The summed E-state index contributed by atoms with van der Waals surface area (Å²) in [7, 11) is 0. The van der Waals surface area contributed by atoms with Gasteiger partial charge in [-0.05, 0) is 52.8 Å². The average molecular weight is 541 g/mol. The normalized spacial score (nSPS) is 11.9. The number of hydrogen-bond donors (Lipinski definition) is 2. The van der Waals surface area contributed by atoms with E-state index in [1.807, 2.05) is 27.7 Å². The van der Waals surface area contributed by atoms with Crippen LogP contribution in [-0.2, 0) is 14.4 Å². The van der Waals surface area contributed by atoms with E-state index in [1.54, 1.807) is 61.5 Å². The van der Waals surface area contributed by atoms with Crippen LogP contribution in [0.3, 0.4) is 0 Å². The summed E-state index contributed by atoms with van der Waals surface area (Å²) in [4.78, 5) is 41.6. The van der Waals surface area contributed by atoms with Gasteiger partial charge in [-0.15, -0.1) is 0 Å². The van der Waals surface area contributed by atoms with E-state index in [0.29, 0.717) is 34.4 Å². The van der Waals surface area contributed by atoms with Crippen LogP contribution in [0, 0.1) is 6.92 Å². The van der Waals surface area contributed by atoms with Crippen molar-refractivity contribution in [1.82, 2.24) is 10.5 Å². The Labute approximate surface area is 227 Å². The molecule has 202 valence electrons. The summed E-state index contributed by atoms with van der Waals surface area (Å²) in [5.41, 5.74) is 0.249. The molecule has 9 nitrogen and oxygen atoms in total. The maximum atomic E-state index is 13.9. The highest BCUT2D eigenvalue weighted by Gasteiger charge is 2.36. The van der Waals surface area contributed by atoms with Gasteiger partial charge in [0.1, 0.15) is 17.6 Å². The third-order valence-corrected chi connectivity index (χ3v) is 5.70.